The molecule has 0 aromatic heterocycles. The zero-order valence-electron chi connectivity index (χ0n) is 13.7. The summed E-state index contributed by atoms with van der Waals surface area (Å²) < 4.78 is 0. The molecule has 4 atom stereocenters. The zero-order valence-corrected chi connectivity index (χ0v) is 13.7. The van der Waals surface area contributed by atoms with Crippen LogP contribution < -0.4 is 5.32 Å². The molecule has 116 valence electrons. The van der Waals surface area contributed by atoms with Crippen LogP contribution in [0.3, 0.4) is 0 Å². The van der Waals surface area contributed by atoms with Crippen LogP contribution in [0.5, 0.6) is 0 Å². The Balaban J connectivity index is 2.16. The van der Waals surface area contributed by atoms with Gasteiger partial charge in [0.15, 0.2) is 0 Å². The van der Waals surface area contributed by atoms with E-state index in [-0.39, 0.29) is 12.2 Å². The number of nitrogens with zero attached hydrogens (tertiary/aromatic N) is 1. The molecule has 2 fully saturated rings. The molecular formula is C17H32N2O. The highest BCUT2D eigenvalue weighted by Crippen LogP contribution is 2.32. The number of carbonyl (C=O) groups excluding carboxylic acids is 1. The molecule has 1 amide bonds. The van der Waals surface area contributed by atoms with Gasteiger partial charge in [-0.2, -0.15) is 0 Å². The Morgan fingerprint density at radius 2 is 1.95 bits per heavy atom. The monoisotopic (exact) mass is 280 g/mol. The largest absolute Gasteiger partial charge is 0.323 e. The summed E-state index contributed by atoms with van der Waals surface area (Å²) in [5.41, 5.74) is 0. The highest BCUT2D eigenvalue weighted by atomic mass is 16.2. The van der Waals surface area contributed by atoms with Gasteiger partial charge in [-0.15, -0.1) is 0 Å². The third-order valence-corrected chi connectivity index (χ3v) is 5.06. The lowest BCUT2D eigenvalue weighted by Gasteiger charge is -2.36. The minimum Gasteiger partial charge on any atom is -0.323 e. The summed E-state index contributed by atoms with van der Waals surface area (Å²) in [5.74, 6) is 1.63. The molecule has 0 radical (unpaired) electrons. The second-order valence-electron chi connectivity index (χ2n) is 7.20. The first-order valence-corrected chi connectivity index (χ1v) is 8.62. The molecule has 1 aliphatic carbocycles. The Morgan fingerprint density at radius 3 is 2.60 bits per heavy atom. The minimum atomic E-state index is 0.0502. The SMILES string of the molecule is CCC1NC(CC(C)C)N(C2CCCCCC2C)C1=O. The third-order valence-electron chi connectivity index (χ3n) is 5.06. The van der Waals surface area contributed by atoms with Crippen LogP contribution >= 0.6 is 0 Å². The van der Waals surface area contributed by atoms with E-state index in [2.05, 4.69) is 37.9 Å². The van der Waals surface area contributed by atoms with E-state index in [0.717, 1.165) is 12.8 Å². The molecule has 3 nitrogen and oxygen atoms in total. The van der Waals surface area contributed by atoms with Gasteiger partial charge in [-0.25, -0.2) is 0 Å². The van der Waals surface area contributed by atoms with E-state index in [1.165, 1.54) is 32.1 Å². The molecule has 0 aromatic carbocycles. The van der Waals surface area contributed by atoms with E-state index in [9.17, 15) is 4.79 Å². The summed E-state index contributed by atoms with van der Waals surface area (Å²) in [7, 11) is 0. The number of hydrogen-bond acceptors (Lipinski definition) is 2. The number of amides is 1. The van der Waals surface area contributed by atoms with Gasteiger partial charge in [0.25, 0.3) is 0 Å². The molecule has 1 N–H and O–H groups in total. The van der Waals surface area contributed by atoms with Gasteiger partial charge in [0.2, 0.25) is 5.91 Å². The van der Waals surface area contributed by atoms with Gasteiger partial charge in [0, 0.05) is 6.04 Å². The maximum Gasteiger partial charge on any atom is 0.241 e. The van der Waals surface area contributed by atoms with Crippen molar-refractivity contribution in [3.8, 4) is 0 Å². The highest BCUT2D eigenvalue weighted by molar-refractivity contribution is 5.84. The van der Waals surface area contributed by atoms with Crippen molar-refractivity contribution in [2.45, 2.75) is 90.9 Å². The Kier molecular flexibility index (Phi) is 5.48. The molecule has 1 saturated heterocycles. The predicted molar refractivity (Wildman–Crippen MR) is 83.3 cm³/mol. The topological polar surface area (TPSA) is 32.3 Å². The quantitative estimate of drug-likeness (QED) is 0.799. The number of carbonyl (C=O) groups is 1. The average Bonchev–Trinajstić information content (AvgIpc) is 2.56. The van der Waals surface area contributed by atoms with E-state index < -0.39 is 0 Å². The van der Waals surface area contributed by atoms with Crippen molar-refractivity contribution in [3.63, 3.8) is 0 Å². The Bertz CT molecular complexity index is 329. The standard InChI is InChI=1S/C17H32N2O/c1-5-14-17(20)19(16(18-14)11-12(2)3)15-10-8-6-7-9-13(15)4/h12-16,18H,5-11H2,1-4H3. The predicted octanol–water partition coefficient (Wildman–Crippen LogP) is 3.54. The first-order chi connectivity index (χ1) is 9.54. The Morgan fingerprint density at radius 1 is 1.25 bits per heavy atom. The molecular weight excluding hydrogens is 248 g/mol. The Hall–Kier alpha value is -0.570. The van der Waals surface area contributed by atoms with Crippen molar-refractivity contribution in [1.82, 2.24) is 10.2 Å². The van der Waals surface area contributed by atoms with Gasteiger partial charge in [-0.3, -0.25) is 10.1 Å². The molecule has 20 heavy (non-hydrogen) atoms. The highest BCUT2D eigenvalue weighted by Gasteiger charge is 2.43. The van der Waals surface area contributed by atoms with E-state index in [4.69, 9.17) is 0 Å². The zero-order chi connectivity index (χ0) is 14.7. The van der Waals surface area contributed by atoms with Crippen LogP contribution in [0.4, 0.5) is 0 Å². The normalized spacial score (nSPS) is 35.6. The third kappa shape index (κ3) is 3.36. The van der Waals surface area contributed by atoms with Gasteiger partial charge in [-0.05, 0) is 37.5 Å². The second-order valence-corrected chi connectivity index (χ2v) is 7.20. The van der Waals surface area contributed by atoms with E-state index >= 15 is 0 Å². The van der Waals surface area contributed by atoms with Gasteiger partial charge in [0.05, 0.1) is 12.2 Å². The molecule has 3 heteroatoms. The van der Waals surface area contributed by atoms with E-state index in [0.29, 0.717) is 23.8 Å². The minimum absolute atomic E-state index is 0.0502. The van der Waals surface area contributed by atoms with E-state index in [1.54, 1.807) is 0 Å². The van der Waals surface area contributed by atoms with Crippen LogP contribution in [-0.4, -0.2) is 29.1 Å². The van der Waals surface area contributed by atoms with Crippen LogP contribution in [0.2, 0.25) is 0 Å². The maximum atomic E-state index is 12.7. The lowest BCUT2D eigenvalue weighted by Crippen LogP contribution is -2.47. The maximum absolute atomic E-state index is 12.7. The molecule has 2 rings (SSSR count). The van der Waals surface area contributed by atoms with Crippen molar-refractivity contribution in [1.29, 1.82) is 0 Å². The van der Waals surface area contributed by atoms with Crippen molar-refractivity contribution < 1.29 is 4.79 Å². The molecule has 1 heterocycles. The summed E-state index contributed by atoms with van der Waals surface area (Å²) in [6.45, 7) is 8.96. The number of rotatable bonds is 4. The number of hydrogen-bond donors (Lipinski definition) is 1. The van der Waals surface area contributed by atoms with Crippen molar-refractivity contribution in [3.05, 3.63) is 0 Å². The van der Waals surface area contributed by atoms with Gasteiger partial charge >= 0.3 is 0 Å². The van der Waals surface area contributed by atoms with Crippen LogP contribution in [-0.2, 0) is 4.79 Å². The number of nitrogens with one attached hydrogen (secondary N) is 1. The van der Waals surface area contributed by atoms with Crippen LogP contribution in [0.1, 0.15) is 72.6 Å². The van der Waals surface area contributed by atoms with Gasteiger partial charge < -0.3 is 4.90 Å². The van der Waals surface area contributed by atoms with Crippen LogP contribution in [0.15, 0.2) is 0 Å². The molecule has 4 unspecified atom stereocenters. The fourth-order valence-corrected chi connectivity index (χ4v) is 3.92. The van der Waals surface area contributed by atoms with Crippen LogP contribution in [0.25, 0.3) is 0 Å². The van der Waals surface area contributed by atoms with Crippen molar-refractivity contribution in [2.24, 2.45) is 11.8 Å². The fraction of sp³-hybridized carbons (Fsp3) is 0.941. The summed E-state index contributed by atoms with van der Waals surface area (Å²) in [6.07, 6.45) is 8.67. The summed E-state index contributed by atoms with van der Waals surface area (Å²) in [5, 5.41) is 3.59. The molecule has 1 saturated carbocycles. The second kappa shape index (κ2) is 6.93. The molecule has 0 aromatic rings. The van der Waals surface area contributed by atoms with E-state index in [1.807, 2.05) is 0 Å². The average molecular weight is 280 g/mol. The first-order valence-electron chi connectivity index (χ1n) is 8.62. The summed E-state index contributed by atoms with van der Waals surface area (Å²) in [4.78, 5) is 15.0. The molecule has 0 spiro atoms. The molecule has 0 bridgehead atoms. The van der Waals surface area contributed by atoms with Gasteiger partial charge in [-0.1, -0.05) is 47.0 Å². The molecule has 1 aliphatic heterocycles. The first kappa shape index (κ1) is 15.8. The van der Waals surface area contributed by atoms with Gasteiger partial charge in [0.1, 0.15) is 0 Å². The molecule has 2 aliphatic rings. The van der Waals surface area contributed by atoms with Crippen LogP contribution in [0, 0.1) is 11.8 Å². The summed E-state index contributed by atoms with van der Waals surface area (Å²) in [6, 6.07) is 0.506. The lowest BCUT2D eigenvalue weighted by molar-refractivity contribution is -0.133. The Labute approximate surface area is 124 Å². The smallest absolute Gasteiger partial charge is 0.241 e. The summed E-state index contributed by atoms with van der Waals surface area (Å²) >= 11 is 0. The fourth-order valence-electron chi connectivity index (χ4n) is 3.92. The lowest BCUT2D eigenvalue weighted by atomic mass is 9.94. The van der Waals surface area contributed by atoms with Crippen molar-refractivity contribution in [2.75, 3.05) is 0 Å². The van der Waals surface area contributed by atoms with Crippen molar-refractivity contribution >= 4 is 5.91 Å².